The van der Waals surface area contributed by atoms with Crippen LogP contribution in [0.2, 0.25) is 11.1 Å². The molecule has 0 fully saturated rings. The Labute approximate surface area is 96.9 Å². The van der Waals surface area contributed by atoms with E-state index in [2.05, 4.69) is 0 Å². The fraction of sp³-hybridized carbons (Fsp3) is 0.455. The van der Waals surface area contributed by atoms with Crippen molar-refractivity contribution >= 4 is 12.7 Å². The number of hydrogen-bond acceptors (Lipinski definition) is 4. The van der Waals surface area contributed by atoms with Crippen LogP contribution in [0.5, 0.6) is 0 Å². The van der Waals surface area contributed by atoms with Gasteiger partial charge < -0.3 is 0 Å². The van der Waals surface area contributed by atoms with Crippen LogP contribution in [0.15, 0.2) is 30.3 Å². The molecule has 4 nitrogen and oxygen atoms in total. The van der Waals surface area contributed by atoms with Gasteiger partial charge in [-0.1, -0.05) is 0 Å². The average Bonchev–Trinajstić information content (AvgIpc) is 2.24. The van der Waals surface area contributed by atoms with Gasteiger partial charge in [-0.25, -0.2) is 0 Å². The quantitative estimate of drug-likeness (QED) is 0.810. The van der Waals surface area contributed by atoms with Gasteiger partial charge >= 0.3 is 96.6 Å². The van der Waals surface area contributed by atoms with Gasteiger partial charge in [0, 0.05) is 0 Å². The van der Waals surface area contributed by atoms with Gasteiger partial charge in [0.05, 0.1) is 0 Å². The maximum atomic E-state index is 11.3. The second-order valence-electron chi connectivity index (χ2n) is 3.59. The molecule has 0 heterocycles. The first-order valence-electron chi connectivity index (χ1n) is 4.98. The molecule has 16 heavy (non-hydrogen) atoms. The van der Waals surface area contributed by atoms with E-state index in [-0.39, 0.29) is 18.5 Å². The van der Waals surface area contributed by atoms with Crippen molar-refractivity contribution in [3.05, 3.63) is 35.9 Å². The number of aliphatic hydroxyl groups excluding tert-OH is 1. The van der Waals surface area contributed by atoms with Crippen LogP contribution < -0.4 is 0 Å². The summed E-state index contributed by atoms with van der Waals surface area (Å²) in [6, 6.07) is 9.18. The van der Waals surface area contributed by atoms with E-state index in [1.165, 1.54) is 5.82 Å². The average molecular weight is 291 g/mol. The minimum absolute atomic E-state index is 0.000509. The third-order valence-corrected chi connectivity index (χ3v) is 3.94. The Morgan fingerprint density at radius 3 is 2.44 bits per heavy atom. The summed E-state index contributed by atoms with van der Waals surface area (Å²) in [5.74, 6) is 1.24. The summed E-state index contributed by atoms with van der Waals surface area (Å²) < 4.78 is 28.0. The van der Waals surface area contributed by atoms with Gasteiger partial charge in [-0.3, -0.25) is 0 Å². The van der Waals surface area contributed by atoms with Crippen LogP contribution in [0.1, 0.15) is 11.7 Å². The minimum atomic E-state index is -3.83. The van der Waals surface area contributed by atoms with Crippen LogP contribution in [0.4, 0.5) is 0 Å². The van der Waals surface area contributed by atoms with E-state index in [9.17, 15) is 7.67 Å². The van der Waals surface area contributed by atoms with E-state index in [1.807, 2.05) is 30.3 Å². The Kier molecular flexibility index (Phi) is 5.09. The molecular weight excluding hydrogens is 275 g/mol. The molecule has 0 spiro atoms. The summed E-state index contributed by atoms with van der Waals surface area (Å²) in [5, 5.41) is 8.69. The Morgan fingerprint density at radius 2 is 1.94 bits per heavy atom. The van der Waals surface area contributed by atoms with Gasteiger partial charge in [0.2, 0.25) is 0 Å². The van der Waals surface area contributed by atoms with Crippen molar-refractivity contribution in [2.75, 3.05) is 13.2 Å². The summed E-state index contributed by atoms with van der Waals surface area (Å²) in [6.07, 6.45) is -0.478. The van der Waals surface area contributed by atoms with Crippen LogP contribution >= 0.6 is 0 Å². The molecule has 0 bridgehead atoms. The van der Waals surface area contributed by atoms with Gasteiger partial charge in [0.1, 0.15) is 0 Å². The summed E-state index contributed by atoms with van der Waals surface area (Å²) in [6.45, 7) is 0.0358. The zero-order valence-corrected chi connectivity index (χ0v) is 10.9. The van der Waals surface area contributed by atoms with Gasteiger partial charge in [0.25, 0.3) is 0 Å². The van der Waals surface area contributed by atoms with Gasteiger partial charge in [0.15, 0.2) is 0 Å². The molecule has 1 atom stereocenters. The number of ether oxygens (including phenoxy) is 1. The van der Waals surface area contributed by atoms with E-state index in [4.69, 9.17) is 9.84 Å². The number of aliphatic hydroxyl groups is 1. The summed E-state index contributed by atoms with van der Waals surface area (Å²) in [5.41, 5.74) is 0.825. The first-order chi connectivity index (χ1) is 7.53. The molecule has 0 aliphatic carbocycles. The zero-order valence-electron chi connectivity index (χ0n) is 9.17. The molecule has 0 aliphatic rings. The molecule has 0 saturated carbocycles. The monoisotopic (exact) mass is 292 g/mol. The molecule has 0 radical (unpaired) electrons. The van der Waals surface area contributed by atoms with E-state index < -0.39 is 18.8 Å². The Balaban J connectivity index is 2.79. The van der Waals surface area contributed by atoms with E-state index in [1.54, 1.807) is 0 Å². The van der Waals surface area contributed by atoms with E-state index >= 15 is 0 Å². The second-order valence-corrected chi connectivity index (χ2v) is 8.17. The van der Waals surface area contributed by atoms with Gasteiger partial charge in [-0.2, -0.15) is 0 Å². The summed E-state index contributed by atoms with van der Waals surface area (Å²) in [7, 11) is 0. The molecule has 5 heteroatoms. The SMILES string of the molecule is C[Se](=O)(=O)CC(OCCO)c1ccccc1. The van der Waals surface area contributed by atoms with Crippen molar-refractivity contribution in [1.29, 1.82) is 0 Å². The number of benzene rings is 1. The van der Waals surface area contributed by atoms with Crippen LogP contribution in [0.3, 0.4) is 0 Å². The van der Waals surface area contributed by atoms with Crippen molar-refractivity contribution in [2.24, 2.45) is 0 Å². The first kappa shape index (κ1) is 13.3. The van der Waals surface area contributed by atoms with Crippen molar-refractivity contribution < 1.29 is 17.5 Å². The third-order valence-electron chi connectivity index (χ3n) is 2.04. The normalized spacial score (nSPS) is 13.6. The molecule has 0 aliphatic heterocycles. The molecule has 1 aromatic rings. The standard InChI is InChI=1S/C11H16O4Se/c1-16(13,14)9-11(15-8-7-12)10-5-3-2-4-6-10/h2-6,11-12H,7-9H2,1H3. The molecule has 1 N–H and O–H groups in total. The molecule has 0 aromatic heterocycles. The molecule has 1 aromatic carbocycles. The molecule has 1 unspecified atom stereocenters. The van der Waals surface area contributed by atoms with Crippen LogP contribution in [-0.2, 0) is 12.4 Å². The molecule has 0 saturated heterocycles. The molecule has 90 valence electrons. The van der Waals surface area contributed by atoms with Crippen molar-refractivity contribution in [2.45, 2.75) is 17.2 Å². The number of hydrogen-bond donors (Lipinski definition) is 1. The predicted octanol–water partition coefficient (Wildman–Crippen LogP) is 1.67. The van der Waals surface area contributed by atoms with Crippen molar-refractivity contribution in [1.82, 2.24) is 0 Å². The fourth-order valence-corrected chi connectivity index (χ4v) is 3.14. The Bertz CT molecular complexity index is 399. The topological polar surface area (TPSA) is 63.6 Å². The molecular formula is C11H16O4Se. The van der Waals surface area contributed by atoms with Crippen LogP contribution in [0, 0.1) is 0 Å². The summed E-state index contributed by atoms with van der Waals surface area (Å²) >= 11 is -3.83. The Hall–Kier alpha value is -0.741. The third kappa shape index (κ3) is 4.86. The predicted molar refractivity (Wildman–Crippen MR) is 60.0 cm³/mol. The van der Waals surface area contributed by atoms with Crippen LogP contribution in [0.25, 0.3) is 0 Å². The zero-order chi connectivity index (χ0) is 12.0. The second kappa shape index (κ2) is 6.11. The Morgan fingerprint density at radius 1 is 1.31 bits per heavy atom. The van der Waals surface area contributed by atoms with Crippen molar-refractivity contribution in [3.8, 4) is 0 Å². The number of rotatable bonds is 6. The van der Waals surface area contributed by atoms with Crippen LogP contribution in [-0.4, -0.2) is 31.0 Å². The summed E-state index contributed by atoms with van der Waals surface area (Å²) in [4.78, 5) is 0. The van der Waals surface area contributed by atoms with Gasteiger partial charge in [-0.05, 0) is 0 Å². The van der Waals surface area contributed by atoms with E-state index in [0.717, 1.165) is 5.56 Å². The van der Waals surface area contributed by atoms with Crippen molar-refractivity contribution in [3.63, 3.8) is 0 Å². The van der Waals surface area contributed by atoms with Gasteiger partial charge in [-0.15, -0.1) is 0 Å². The molecule has 0 amide bonds. The first-order valence-corrected chi connectivity index (χ1v) is 9.30. The molecule has 1 rings (SSSR count). The maximum absolute atomic E-state index is 11.3. The van der Waals surface area contributed by atoms with E-state index in [0.29, 0.717) is 0 Å². The fourth-order valence-electron chi connectivity index (χ4n) is 1.38.